The predicted molar refractivity (Wildman–Crippen MR) is 108 cm³/mol. The third-order valence-corrected chi connectivity index (χ3v) is 5.12. The van der Waals surface area contributed by atoms with Crippen molar-refractivity contribution >= 4 is 17.5 Å². The van der Waals surface area contributed by atoms with Crippen molar-refractivity contribution in [2.75, 3.05) is 49.6 Å². The first-order valence-corrected chi connectivity index (χ1v) is 9.85. The second-order valence-electron chi connectivity index (χ2n) is 7.03. The molecule has 0 bridgehead atoms. The van der Waals surface area contributed by atoms with Gasteiger partial charge in [0, 0.05) is 39.0 Å². The molecule has 2 amide bonds. The van der Waals surface area contributed by atoms with E-state index in [1.54, 1.807) is 6.20 Å². The van der Waals surface area contributed by atoms with Crippen molar-refractivity contribution in [1.82, 2.24) is 9.88 Å². The molecule has 0 spiro atoms. The lowest BCUT2D eigenvalue weighted by Crippen LogP contribution is -2.50. The third-order valence-electron chi connectivity index (χ3n) is 5.12. The summed E-state index contributed by atoms with van der Waals surface area (Å²) in [5.41, 5.74) is 0.692. The summed E-state index contributed by atoms with van der Waals surface area (Å²) >= 11 is 0. The van der Waals surface area contributed by atoms with E-state index in [0.29, 0.717) is 31.1 Å². The number of para-hydroxylation sites is 2. The minimum Gasteiger partial charge on any atom is -0.489 e. The SMILES string of the molecule is O=C(Nc1ccccc1OC[C@H]1CCCO1)N1CCN(c2ccccn2)CC1. The molecule has 1 N–H and O–H groups in total. The summed E-state index contributed by atoms with van der Waals surface area (Å²) in [5, 5.41) is 3.00. The predicted octanol–water partition coefficient (Wildman–Crippen LogP) is 2.99. The van der Waals surface area contributed by atoms with Crippen LogP contribution in [0.2, 0.25) is 0 Å². The van der Waals surface area contributed by atoms with E-state index >= 15 is 0 Å². The van der Waals surface area contributed by atoms with Gasteiger partial charge in [-0.25, -0.2) is 9.78 Å². The molecular formula is C21H26N4O3. The van der Waals surface area contributed by atoms with Crippen molar-refractivity contribution < 1.29 is 14.3 Å². The lowest BCUT2D eigenvalue weighted by molar-refractivity contribution is 0.0682. The molecule has 0 aliphatic carbocycles. The summed E-state index contributed by atoms with van der Waals surface area (Å²) < 4.78 is 11.5. The number of piperazine rings is 1. The number of carbonyl (C=O) groups excluding carboxylic acids is 1. The average Bonchev–Trinajstić information content (AvgIpc) is 3.27. The van der Waals surface area contributed by atoms with E-state index in [1.165, 1.54) is 0 Å². The van der Waals surface area contributed by atoms with Crippen molar-refractivity contribution in [2.45, 2.75) is 18.9 Å². The molecule has 1 aromatic carbocycles. The molecule has 1 atom stereocenters. The number of amides is 2. The number of urea groups is 1. The maximum atomic E-state index is 12.7. The van der Waals surface area contributed by atoms with Crippen LogP contribution in [0.1, 0.15) is 12.8 Å². The fraction of sp³-hybridized carbons (Fsp3) is 0.429. The monoisotopic (exact) mass is 382 g/mol. The molecule has 2 aliphatic heterocycles. The van der Waals surface area contributed by atoms with Gasteiger partial charge >= 0.3 is 6.03 Å². The molecule has 2 fully saturated rings. The van der Waals surface area contributed by atoms with Crippen molar-refractivity contribution in [3.8, 4) is 5.75 Å². The van der Waals surface area contributed by atoms with Crippen molar-refractivity contribution in [1.29, 1.82) is 0 Å². The van der Waals surface area contributed by atoms with Crippen LogP contribution in [0, 0.1) is 0 Å². The molecular weight excluding hydrogens is 356 g/mol. The summed E-state index contributed by atoms with van der Waals surface area (Å²) in [6.45, 7) is 4.15. The Morgan fingerprint density at radius 1 is 1.14 bits per heavy atom. The van der Waals surface area contributed by atoms with Crippen molar-refractivity contribution in [3.05, 3.63) is 48.7 Å². The van der Waals surface area contributed by atoms with Gasteiger partial charge in [0.05, 0.1) is 11.8 Å². The highest BCUT2D eigenvalue weighted by atomic mass is 16.5. The van der Waals surface area contributed by atoms with Gasteiger partial charge in [-0.05, 0) is 37.1 Å². The van der Waals surface area contributed by atoms with E-state index in [4.69, 9.17) is 9.47 Å². The third kappa shape index (κ3) is 4.54. The van der Waals surface area contributed by atoms with Gasteiger partial charge in [-0.2, -0.15) is 0 Å². The quantitative estimate of drug-likeness (QED) is 0.861. The summed E-state index contributed by atoms with van der Waals surface area (Å²) in [6, 6.07) is 13.3. The molecule has 7 heteroatoms. The number of rotatable bonds is 5. The van der Waals surface area contributed by atoms with Gasteiger partial charge in [-0.15, -0.1) is 0 Å². The summed E-state index contributed by atoms with van der Waals surface area (Å²) in [7, 11) is 0. The highest BCUT2D eigenvalue weighted by Crippen LogP contribution is 2.25. The van der Waals surface area contributed by atoms with Crippen LogP contribution in [0.3, 0.4) is 0 Å². The lowest BCUT2D eigenvalue weighted by Gasteiger charge is -2.35. The molecule has 0 radical (unpaired) electrons. The Kier molecular flexibility index (Phi) is 5.92. The zero-order valence-electron chi connectivity index (χ0n) is 15.9. The molecule has 2 saturated heterocycles. The van der Waals surface area contributed by atoms with E-state index in [1.807, 2.05) is 47.4 Å². The molecule has 148 valence electrons. The second-order valence-corrected chi connectivity index (χ2v) is 7.03. The van der Waals surface area contributed by atoms with Gasteiger partial charge in [0.15, 0.2) is 0 Å². The number of pyridine rings is 1. The number of anilines is 2. The molecule has 2 aliphatic rings. The van der Waals surface area contributed by atoms with Gasteiger partial charge in [0.1, 0.15) is 18.2 Å². The Morgan fingerprint density at radius 2 is 1.96 bits per heavy atom. The molecule has 1 aromatic heterocycles. The number of nitrogens with one attached hydrogen (secondary N) is 1. The molecule has 0 unspecified atom stereocenters. The van der Waals surface area contributed by atoms with Crippen LogP contribution in [0.4, 0.5) is 16.3 Å². The highest BCUT2D eigenvalue weighted by Gasteiger charge is 2.23. The zero-order valence-corrected chi connectivity index (χ0v) is 15.9. The molecule has 3 heterocycles. The normalized spacial score (nSPS) is 19.5. The second kappa shape index (κ2) is 8.93. The number of hydrogen-bond donors (Lipinski definition) is 1. The maximum Gasteiger partial charge on any atom is 0.322 e. The Balaban J connectivity index is 1.31. The summed E-state index contributed by atoms with van der Waals surface area (Å²) in [5.74, 6) is 1.63. The van der Waals surface area contributed by atoms with E-state index in [2.05, 4.69) is 15.2 Å². The van der Waals surface area contributed by atoms with Gasteiger partial charge in [-0.1, -0.05) is 18.2 Å². The number of aromatic nitrogens is 1. The van der Waals surface area contributed by atoms with Crippen LogP contribution in [0.5, 0.6) is 5.75 Å². The smallest absolute Gasteiger partial charge is 0.322 e. The van der Waals surface area contributed by atoms with E-state index in [9.17, 15) is 4.79 Å². The standard InChI is InChI=1S/C21H26N4O3/c26-21(25-13-11-24(12-14-25)20-9-3-4-10-22-20)23-18-7-1-2-8-19(18)28-16-17-6-5-15-27-17/h1-4,7-10,17H,5-6,11-16H2,(H,23,26)/t17-/m1/s1. The van der Waals surface area contributed by atoms with Gasteiger partial charge in [-0.3, -0.25) is 0 Å². The van der Waals surface area contributed by atoms with Crippen LogP contribution in [-0.2, 0) is 4.74 Å². The topological polar surface area (TPSA) is 66.9 Å². The van der Waals surface area contributed by atoms with Crippen LogP contribution < -0.4 is 15.0 Å². The largest absolute Gasteiger partial charge is 0.489 e. The maximum absolute atomic E-state index is 12.7. The number of nitrogens with zero attached hydrogens (tertiary/aromatic N) is 3. The fourth-order valence-electron chi connectivity index (χ4n) is 3.53. The Hall–Kier alpha value is -2.80. The van der Waals surface area contributed by atoms with Crippen LogP contribution in [0.25, 0.3) is 0 Å². The lowest BCUT2D eigenvalue weighted by atomic mass is 10.2. The minimum atomic E-state index is -0.103. The van der Waals surface area contributed by atoms with Gasteiger partial charge in [0.2, 0.25) is 0 Å². The van der Waals surface area contributed by atoms with E-state index in [0.717, 1.165) is 38.4 Å². The number of hydrogen-bond acceptors (Lipinski definition) is 5. The number of carbonyl (C=O) groups is 1. The molecule has 0 saturated carbocycles. The van der Waals surface area contributed by atoms with Crippen LogP contribution in [0.15, 0.2) is 48.7 Å². The number of ether oxygens (including phenoxy) is 2. The Morgan fingerprint density at radius 3 is 2.71 bits per heavy atom. The Labute approximate surface area is 165 Å². The first kappa shape index (κ1) is 18.6. The fourth-order valence-corrected chi connectivity index (χ4v) is 3.53. The first-order valence-electron chi connectivity index (χ1n) is 9.85. The van der Waals surface area contributed by atoms with Crippen LogP contribution in [-0.4, -0.2) is 61.4 Å². The van der Waals surface area contributed by atoms with Crippen LogP contribution >= 0.6 is 0 Å². The molecule has 2 aromatic rings. The summed E-state index contributed by atoms with van der Waals surface area (Å²) in [4.78, 5) is 21.1. The Bertz CT molecular complexity index is 772. The van der Waals surface area contributed by atoms with Crippen molar-refractivity contribution in [3.63, 3.8) is 0 Å². The molecule has 7 nitrogen and oxygen atoms in total. The molecule has 4 rings (SSSR count). The zero-order chi connectivity index (χ0) is 19.2. The van der Waals surface area contributed by atoms with Gasteiger partial charge < -0.3 is 24.6 Å². The highest BCUT2D eigenvalue weighted by molar-refractivity contribution is 5.91. The van der Waals surface area contributed by atoms with Gasteiger partial charge in [0.25, 0.3) is 0 Å². The van der Waals surface area contributed by atoms with E-state index in [-0.39, 0.29) is 12.1 Å². The average molecular weight is 382 g/mol. The minimum absolute atomic E-state index is 0.103. The van der Waals surface area contributed by atoms with Crippen molar-refractivity contribution in [2.24, 2.45) is 0 Å². The molecule has 28 heavy (non-hydrogen) atoms. The first-order chi connectivity index (χ1) is 13.8. The number of benzene rings is 1. The van der Waals surface area contributed by atoms with E-state index < -0.39 is 0 Å². The summed E-state index contributed by atoms with van der Waals surface area (Å²) in [6.07, 6.45) is 4.04.